The van der Waals surface area contributed by atoms with Crippen molar-refractivity contribution in [3.8, 4) is 17.3 Å². The van der Waals surface area contributed by atoms with Gasteiger partial charge in [-0.25, -0.2) is 4.79 Å². The molecule has 2 aliphatic heterocycles. The monoisotopic (exact) mass is 556 g/mol. The number of esters is 1. The summed E-state index contributed by atoms with van der Waals surface area (Å²) in [6, 6.07) is 16.1. The topological polar surface area (TPSA) is 115 Å². The predicted octanol–water partition coefficient (Wildman–Crippen LogP) is 2.28. The molecule has 2 aliphatic rings. The Balaban J connectivity index is 1.31. The summed E-state index contributed by atoms with van der Waals surface area (Å²) in [5.41, 5.74) is 7.53. The van der Waals surface area contributed by atoms with Crippen LogP contribution < -0.4 is 4.90 Å². The largest absolute Gasteiger partial charge is 0.462 e. The molecule has 1 N–H and O–H groups in total. The number of hydrogen-bond acceptors (Lipinski definition) is 8. The maximum atomic E-state index is 12.6. The highest BCUT2D eigenvalue weighted by molar-refractivity contribution is 6.32. The molecule has 1 amide bonds. The molecule has 5 rings (SSSR count). The Kier molecular flexibility index (Phi) is 8.38. The third kappa shape index (κ3) is 5.97. The van der Waals surface area contributed by atoms with Gasteiger partial charge < -0.3 is 19.6 Å². The zero-order valence-corrected chi connectivity index (χ0v) is 23.8. The Labute approximate surface area is 240 Å². The van der Waals surface area contributed by atoms with Crippen LogP contribution in [-0.2, 0) is 33.8 Å². The van der Waals surface area contributed by atoms with Gasteiger partial charge in [0.1, 0.15) is 6.07 Å². The van der Waals surface area contributed by atoms with Crippen molar-refractivity contribution >= 4 is 17.6 Å². The molecule has 3 heterocycles. The van der Waals surface area contributed by atoms with Gasteiger partial charge in [0, 0.05) is 62.5 Å². The first-order valence-corrected chi connectivity index (χ1v) is 14.0. The fraction of sp³-hybridized carbons (Fsp3) is 0.419. The molecule has 0 aliphatic carbocycles. The summed E-state index contributed by atoms with van der Waals surface area (Å²) in [6.07, 6.45) is -0.112. The number of nitrogens with zero attached hydrogens (tertiary/aromatic N) is 6. The van der Waals surface area contributed by atoms with E-state index in [2.05, 4.69) is 46.6 Å². The van der Waals surface area contributed by atoms with E-state index in [1.807, 2.05) is 35.0 Å². The van der Waals surface area contributed by atoms with Gasteiger partial charge in [-0.05, 0) is 43.2 Å². The molecule has 10 nitrogen and oxygen atoms in total. The molecule has 214 valence electrons. The summed E-state index contributed by atoms with van der Waals surface area (Å²) in [5, 5.41) is 25.5. The number of piperazine rings is 1. The van der Waals surface area contributed by atoms with Crippen LogP contribution in [0.25, 0.3) is 11.3 Å². The zero-order chi connectivity index (χ0) is 29.1. The van der Waals surface area contributed by atoms with Gasteiger partial charge in [0.05, 0.1) is 43.2 Å². The van der Waals surface area contributed by atoms with Crippen LogP contribution >= 0.6 is 0 Å². The minimum Gasteiger partial charge on any atom is -0.462 e. The van der Waals surface area contributed by atoms with Gasteiger partial charge in [-0.2, -0.15) is 10.4 Å². The van der Waals surface area contributed by atoms with Crippen LogP contribution in [0.15, 0.2) is 42.5 Å². The number of methoxy groups -OCH3 is 1. The van der Waals surface area contributed by atoms with Crippen molar-refractivity contribution in [1.82, 2.24) is 19.6 Å². The summed E-state index contributed by atoms with van der Waals surface area (Å²) >= 11 is 0. The fourth-order valence-electron chi connectivity index (χ4n) is 5.72. The van der Waals surface area contributed by atoms with Crippen LogP contribution in [0.2, 0.25) is 0 Å². The molecule has 0 spiro atoms. The van der Waals surface area contributed by atoms with Crippen molar-refractivity contribution in [3.63, 3.8) is 0 Å². The number of aromatic nitrogens is 2. The Morgan fingerprint density at radius 3 is 2.51 bits per heavy atom. The lowest BCUT2D eigenvalue weighted by molar-refractivity contribution is -0.158. The summed E-state index contributed by atoms with van der Waals surface area (Å²) in [4.78, 5) is 30.5. The molecule has 3 aromatic rings. The second-order valence-corrected chi connectivity index (χ2v) is 10.8. The number of rotatable bonds is 6. The molecule has 41 heavy (non-hydrogen) atoms. The molecule has 2 aromatic carbocycles. The first kappa shape index (κ1) is 28.3. The van der Waals surface area contributed by atoms with Crippen LogP contribution in [0.1, 0.15) is 27.9 Å². The molecule has 1 unspecified atom stereocenters. The Bertz CT molecular complexity index is 1480. The van der Waals surface area contributed by atoms with Gasteiger partial charge in [-0.3, -0.25) is 14.4 Å². The van der Waals surface area contributed by atoms with E-state index >= 15 is 0 Å². The molecule has 0 saturated carbocycles. The van der Waals surface area contributed by atoms with E-state index in [1.165, 1.54) is 17.6 Å². The average Bonchev–Trinajstić information content (AvgIpc) is 3.35. The minimum atomic E-state index is -0.875. The number of benzene rings is 2. The number of amides is 1. The van der Waals surface area contributed by atoms with E-state index in [4.69, 9.17) is 5.10 Å². The minimum absolute atomic E-state index is 0.258. The molecule has 1 atom stereocenters. The van der Waals surface area contributed by atoms with Crippen molar-refractivity contribution in [2.45, 2.75) is 39.5 Å². The van der Waals surface area contributed by atoms with Crippen LogP contribution in [0.3, 0.4) is 0 Å². The third-order valence-corrected chi connectivity index (χ3v) is 8.15. The van der Waals surface area contributed by atoms with Crippen LogP contribution in [0.4, 0.5) is 5.69 Å². The fourth-order valence-corrected chi connectivity index (χ4v) is 5.72. The van der Waals surface area contributed by atoms with Gasteiger partial charge in [0.25, 0.3) is 0 Å². The van der Waals surface area contributed by atoms with Gasteiger partial charge in [0.15, 0.2) is 0 Å². The zero-order valence-electron chi connectivity index (χ0n) is 23.8. The van der Waals surface area contributed by atoms with E-state index in [-0.39, 0.29) is 6.54 Å². The van der Waals surface area contributed by atoms with Gasteiger partial charge in [-0.1, -0.05) is 24.3 Å². The number of para-hydroxylation sites is 1. The highest BCUT2D eigenvalue weighted by Crippen LogP contribution is 2.32. The number of carbonyl (C=O) groups is 2. The van der Waals surface area contributed by atoms with Gasteiger partial charge >= 0.3 is 11.9 Å². The molecule has 1 saturated heterocycles. The molecular formula is C31H36N6O4. The summed E-state index contributed by atoms with van der Waals surface area (Å²) in [7, 11) is 1.21. The number of fused-ring (bicyclic) bond motifs is 1. The van der Waals surface area contributed by atoms with Crippen molar-refractivity contribution < 1.29 is 19.4 Å². The molecular weight excluding hydrogens is 520 g/mol. The highest BCUT2D eigenvalue weighted by Gasteiger charge is 2.32. The number of β-amino-alcohol motifs (C(OH)–C–C–N with tert-alkyl or cyclic N) is 1. The molecule has 10 heteroatoms. The van der Waals surface area contributed by atoms with E-state index in [0.717, 1.165) is 59.9 Å². The number of nitriles is 1. The molecule has 1 fully saturated rings. The predicted molar refractivity (Wildman–Crippen MR) is 154 cm³/mol. The lowest BCUT2D eigenvalue weighted by Crippen LogP contribution is -2.49. The molecule has 1 aromatic heterocycles. The van der Waals surface area contributed by atoms with Crippen molar-refractivity contribution in [2.75, 3.05) is 51.3 Å². The van der Waals surface area contributed by atoms with Crippen LogP contribution in [-0.4, -0.2) is 89.0 Å². The standard InChI is InChI=1S/C31H36N6O4/c1-21-8-9-23(16-22(21)2)29-26-20-36(30(39)31(40)41-3)11-10-28(26)37(33-29)19-25(38)18-34-12-14-35(15-13-34)27-7-5-4-6-24(27)17-32/h4-9,16,25,38H,10-15,18-20H2,1-3H3. The number of anilines is 1. The highest BCUT2D eigenvalue weighted by atomic mass is 16.5. The summed E-state index contributed by atoms with van der Waals surface area (Å²) in [6.45, 7) is 8.71. The summed E-state index contributed by atoms with van der Waals surface area (Å²) in [5.74, 6) is -1.53. The maximum Gasteiger partial charge on any atom is 0.396 e. The first-order valence-electron chi connectivity index (χ1n) is 14.0. The molecule has 0 bridgehead atoms. The Morgan fingerprint density at radius 1 is 1.05 bits per heavy atom. The Hall–Kier alpha value is -4.20. The van der Waals surface area contributed by atoms with E-state index in [0.29, 0.717) is 31.6 Å². The van der Waals surface area contributed by atoms with Crippen LogP contribution in [0, 0.1) is 25.2 Å². The smallest absolute Gasteiger partial charge is 0.396 e. The number of hydrogen-bond donors (Lipinski definition) is 1. The van der Waals surface area contributed by atoms with Crippen LogP contribution in [0.5, 0.6) is 0 Å². The Morgan fingerprint density at radius 2 is 1.80 bits per heavy atom. The second kappa shape index (κ2) is 12.1. The third-order valence-electron chi connectivity index (χ3n) is 8.15. The average molecular weight is 557 g/mol. The van der Waals surface area contributed by atoms with E-state index < -0.39 is 18.0 Å². The molecule has 0 radical (unpaired) electrons. The SMILES string of the molecule is COC(=O)C(=O)N1CCc2c(c(-c3ccc(C)c(C)c3)nn2CC(O)CN2CCN(c3ccccc3C#N)CC2)C1. The second-order valence-electron chi connectivity index (χ2n) is 10.8. The summed E-state index contributed by atoms with van der Waals surface area (Å²) < 4.78 is 6.54. The van der Waals surface area contributed by atoms with Crippen molar-refractivity contribution in [3.05, 3.63) is 70.4 Å². The number of ether oxygens (including phenoxy) is 1. The normalized spacial score (nSPS) is 16.2. The number of aliphatic hydroxyl groups is 1. The van der Waals surface area contributed by atoms with E-state index in [1.54, 1.807) is 0 Å². The van der Waals surface area contributed by atoms with Gasteiger partial charge in [-0.15, -0.1) is 0 Å². The van der Waals surface area contributed by atoms with E-state index in [9.17, 15) is 20.0 Å². The van der Waals surface area contributed by atoms with Gasteiger partial charge in [0.2, 0.25) is 0 Å². The van der Waals surface area contributed by atoms with Crippen molar-refractivity contribution in [1.29, 1.82) is 5.26 Å². The lowest BCUT2D eigenvalue weighted by atomic mass is 9.98. The number of aliphatic hydroxyl groups excluding tert-OH is 1. The quantitative estimate of drug-likeness (QED) is 0.363. The van der Waals surface area contributed by atoms with Crippen molar-refractivity contribution in [2.24, 2.45) is 0 Å². The maximum absolute atomic E-state index is 12.6. The number of aryl methyl sites for hydroxylation is 2. The first-order chi connectivity index (χ1) is 19.8. The lowest BCUT2D eigenvalue weighted by Gasteiger charge is -2.37. The number of carbonyl (C=O) groups excluding carboxylic acids is 2.